The number of amides is 1. The summed E-state index contributed by atoms with van der Waals surface area (Å²) in [6.07, 6.45) is 0.841. The van der Waals surface area contributed by atoms with E-state index in [4.69, 9.17) is 4.74 Å². The van der Waals surface area contributed by atoms with Crippen molar-refractivity contribution in [1.82, 2.24) is 10.6 Å². The van der Waals surface area contributed by atoms with Gasteiger partial charge in [0.1, 0.15) is 0 Å². The van der Waals surface area contributed by atoms with Crippen LogP contribution in [0.3, 0.4) is 0 Å². The standard InChI is InChI=1S/C11H24N2O2/c1-8(2)6-10(11(14)12-4)13-9(3)7-15-5/h8-10,13H,6-7H2,1-5H3,(H,12,14). The highest BCUT2D eigenvalue weighted by molar-refractivity contribution is 5.81. The fourth-order valence-corrected chi connectivity index (χ4v) is 1.54. The molecule has 0 aromatic rings. The highest BCUT2D eigenvalue weighted by Crippen LogP contribution is 2.05. The molecule has 0 rings (SSSR count). The molecule has 2 unspecified atom stereocenters. The van der Waals surface area contributed by atoms with Gasteiger partial charge in [0.05, 0.1) is 12.6 Å². The highest BCUT2D eigenvalue weighted by atomic mass is 16.5. The van der Waals surface area contributed by atoms with Crippen LogP contribution >= 0.6 is 0 Å². The number of carbonyl (C=O) groups is 1. The summed E-state index contributed by atoms with van der Waals surface area (Å²) >= 11 is 0. The number of likely N-dealkylation sites (N-methyl/N-ethyl adjacent to an activating group) is 1. The third kappa shape index (κ3) is 6.47. The van der Waals surface area contributed by atoms with Gasteiger partial charge in [-0.25, -0.2) is 0 Å². The third-order valence-corrected chi connectivity index (χ3v) is 2.17. The Labute approximate surface area is 92.8 Å². The fourth-order valence-electron chi connectivity index (χ4n) is 1.54. The molecule has 0 spiro atoms. The number of nitrogens with one attached hydrogen (secondary N) is 2. The summed E-state index contributed by atoms with van der Waals surface area (Å²) < 4.78 is 5.03. The van der Waals surface area contributed by atoms with E-state index in [9.17, 15) is 4.79 Å². The van der Waals surface area contributed by atoms with Crippen molar-refractivity contribution in [3.05, 3.63) is 0 Å². The minimum atomic E-state index is -0.125. The van der Waals surface area contributed by atoms with Crippen LogP contribution < -0.4 is 10.6 Å². The minimum absolute atomic E-state index is 0.0478. The molecule has 2 N–H and O–H groups in total. The number of carbonyl (C=O) groups excluding carboxylic acids is 1. The molecule has 0 aliphatic rings. The van der Waals surface area contributed by atoms with Crippen LogP contribution in [0.5, 0.6) is 0 Å². The second kappa shape index (κ2) is 7.65. The lowest BCUT2D eigenvalue weighted by atomic mass is 10.0. The molecule has 0 saturated heterocycles. The van der Waals surface area contributed by atoms with Crippen molar-refractivity contribution in [2.24, 2.45) is 5.92 Å². The van der Waals surface area contributed by atoms with Crippen LogP contribution in [0.2, 0.25) is 0 Å². The van der Waals surface area contributed by atoms with E-state index in [1.54, 1.807) is 14.2 Å². The molecule has 0 radical (unpaired) electrons. The summed E-state index contributed by atoms with van der Waals surface area (Å²) in [6, 6.07) is 0.0659. The van der Waals surface area contributed by atoms with Gasteiger partial charge in [-0.1, -0.05) is 13.8 Å². The molecule has 0 bridgehead atoms. The first-order valence-corrected chi connectivity index (χ1v) is 5.47. The lowest BCUT2D eigenvalue weighted by molar-refractivity contribution is -0.123. The van der Waals surface area contributed by atoms with Gasteiger partial charge in [-0.15, -0.1) is 0 Å². The second-order valence-corrected chi connectivity index (χ2v) is 4.32. The van der Waals surface area contributed by atoms with Gasteiger partial charge in [0, 0.05) is 20.2 Å². The lowest BCUT2D eigenvalue weighted by Gasteiger charge is -2.23. The molecule has 0 aromatic carbocycles. The van der Waals surface area contributed by atoms with Crippen LogP contribution in [-0.4, -0.2) is 38.8 Å². The molecule has 0 saturated carbocycles. The van der Waals surface area contributed by atoms with Crippen molar-refractivity contribution in [1.29, 1.82) is 0 Å². The molecule has 4 heteroatoms. The molecular weight excluding hydrogens is 192 g/mol. The Hall–Kier alpha value is -0.610. The van der Waals surface area contributed by atoms with Gasteiger partial charge >= 0.3 is 0 Å². The quantitative estimate of drug-likeness (QED) is 0.661. The summed E-state index contributed by atoms with van der Waals surface area (Å²) in [5.41, 5.74) is 0. The maximum atomic E-state index is 11.6. The summed E-state index contributed by atoms with van der Waals surface area (Å²) in [4.78, 5) is 11.6. The summed E-state index contributed by atoms with van der Waals surface area (Å²) in [5.74, 6) is 0.543. The zero-order chi connectivity index (χ0) is 11.8. The van der Waals surface area contributed by atoms with E-state index < -0.39 is 0 Å². The van der Waals surface area contributed by atoms with Crippen LogP contribution in [0.1, 0.15) is 27.2 Å². The first-order chi connectivity index (χ1) is 7.01. The second-order valence-electron chi connectivity index (χ2n) is 4.32. The topological polar surface area (TPSA) is 50.4 Å². The summed E-state index contributed by atoms with van der Waals surface area (Å²) in [5, 5.41) is 5.94. The normalized spacial score (nSPS) is 15.1. The Balaban J connectivity index is 4.17. The van der Waals surface area contributed by atoms with Crippen LogP contribution in [0.25, 0.3) is 0 Å². The van der Waals surface area contributed by atoms with Gasteiger partial charge in [0.15, 0.2) is 0 Å². The lowest BCUT2D eigenvalue weighted by Crippen LogP contribution is -2.48. The van der Waals surface area contributed by atoms with Gasteiger partial charge in [-0.2, -0.15) is 0 Å². The highest BCUT2D eigenvalue weighted by Gasteiger charge is 2.19. The average Bonchev–Trinajstić information content (AvgIpc) is 2.15. The average molecular weight is 216 g/mol. The third-order valence-electron chi connectivity index (χ3n) is 2.17. The van der Waals surface area contributed by atoms with Crippen molar-refractivity contribution in [3.63, 3.8) is 0 Å². The molecule has 4 nitrogen and oxygen atoms in total. The van der Waals surface area contributed by atoms with Crippen LogP contribution in [0.15, 0.2) is 0 Å². The molecule has 2 atom stereocenters. The zero-order valence-electron chi connectivity index (χ0n) is 10.5. The van der Waals surface area contributed by atoms with E-state index in [1.807, 2.05) is 6.92 Å². The van der Waals surface area contributed by atoms with Gasteiger partial charge in [-0.05, 0) is 19.3 Å². The van der Waals surface area contributed by atoms with Crippen LogP contribution in [-0.2, 0) is 9.53 Å². The maximum absolute atomic E-state index is 11.6. The number of hydrogen-bond donors (Lipinski definition) is 2. The van der Waals surface area contributed by atoms with Crippen molar-refractivity contribution in [3.8, 4) is 0 Å². The van der Waals surface area contributed by atoms with Crippen molar-refractivity contribution >= 4 is 5.91 Å². The molecule has 1 amide bonds. The van der Waals surface area contributed by atoms with Gasteiger partial charge in [-0.3, -0.25) is 4.79 Å². The Morgan fingerprint density at radius 2 is 1.93 bits per heavy atom. The Bertz CT molecular complexity index is 183. The Kier molecular flexibility index (Phi) is 7.34. The number of rotatable bonds is 7. The number of methoxy groups -OCH3 is 1. The molecular formula is C11H24N2O2. The largest absolute Gasteiger partial charge is 0.383 e. The summed E-state index contributed by atoms with van der Waals surface area (Å²) in [7, 11) is 3.33. The predicted molar refractivity (Wildman–Crippen MR) is 61.8 cm³/mol. The van der Waals surface area contributed by atoms with E-state index in [0.29, 0.717) is 12.5 Å². The van der Waals surface area contributed by atoms with Gasteiger partial charge in [0.25, 0.3) is 0 Å². The monoisotopic (exact) mass is 216 g/mol. The van der Waals surface area contributed by atoms with E-state index in [2.05, 4.69) is 24.5 Å². The van der Waals surface area contributed by atoms with Gasteiger partial charge < -0.3 is 15.4 Å². The molecule has 0 aliphatic heterocycles. The molecule has 90 valence electrons. The smallest absolute Gasteiger partial charge is 0.236 e. The first kappa shape index (κ1) is 14.4. The van der Waals surface area contributed by atoms with E-state index >= 15 is 0 Å². The number of ether oxygens (including phenoxy) is 1. The molecule has 0 fully saturated rings. The Morgan fingerprint density at radius 3 is 2.33 bits per heavy atom. The van der Waals surface area contributed by atoms with Crippen LogP contribution in [0.4, 0.5) is 0 Å². The molecule has 15 heavy (non-hydrogen) atoms. The maximum Gasteiger partial charge on any atom is 0.236 e. The minimum Gasteiger partial charge on any atom is -0.383 e. The fraction of sp³-hybridized carbons (Fsp3) is 0.909. The Morgan fingerprint density at radius 1 is 1.33 bits per heavy atom. The van der Waals surface area contributed by atoms with E-state index in [0.717, 1.165) is 6.42 Å². The van der Waals surface area contributed by atoms with E-state index in [-0.39, 0.29) is 18.0 Å². The first-order valence-electron chi connectivity index (χ1n) is 5.47. The molecule has 0 aromatic heterocycles. The van der Waals surface area contributed by atoms with Crippen molar-refractivity contribution in [2.45, 2.75) is 39.3 Å². The molecule has 0 heterocycles. The zero-order valence-corrected chi connectivity index (χ0v) is 10.5. The molecule has 0 aliphatic carbocycles. The summed E-state index contributed by atoms with van der Waals surface area (Å²) in [6.45, 7) is 6.85. The van der Waals surface area contributed by atoms with Gasteiger partial charge in [0.2, 0.25) is 5.91 Å². The number of hydrogen-bond acceptors (Lipinski definition) is 3. The predicted octanol–water partition coefficient (Wildman–Crippen LogP) is 0.772. The van der Waals surface area contributed by atoms with Crippen molar-refractivity contribution < 1.29 is 9.53 Å². The SMILES string of the molecule is CNC(=O)C(CC(C)C)NC(C)COC. The van der Waals surface area contributed by atoms with E-state index in [1.165, 1.54) is 0 Å². The van der Waals surface area contributed by atoms with Crippen molar-refractivity contribution in [2.75, 3.05) is 20.8 Å². The van der Waals surface area contributed by atoms with Crippen LogP contribution in [0, 0.1) is 5.92 Å².